The van der Waals surface area contributed by atoms with Gasteiger partial charge in [0, 0.05) is 69.0 Å². The molecule has 0 N–H and O–H groups in total. The largest absolute Gasteiger partial charge is 0.383 e. The van der Waals surface area contributed by atoms with E-state index in [0.717, 1.165) is 53.9 Å². The topological polar surface area (TPSA) is 76.8 Å². The Morgan fingerprint density at radius 2 is 1.07 bits per heavy atom. The van der Waals surface area contributed by atoms with Gasteiger partial charge in [0.25, 0.3) is 11.8 Å². The number of hydrogen-bond acceptors (Lipinski definition) is 4. The van der Waals surface area contributed by atoms with Crippen LogP contribution in [0.1, 0.15) is 98.1 Å². The summed E-state index contributed by atoms with van der Waals surface area (Å²) in [6, 6.07) is 26.0. The lowest BCUT2D eigenvalue weighted by molar-refractivity contribution is -0.136. The summed E-state index contributed by atoms with van der Waals surface area (Å²) in [7, 11) is 1.55. The summed E-state index contributed by atoms with van der Waals surface area (Å²) in [6.07, 6.45) is 15.6. The third kappa shape index (κ3) is 7.08. The van der Waals surface area contributed by atoms with Gasteiger partial charge in [-0.05, 0) is 97.7 Å². The molecule has 0 spiro atoms. The predicted molar refractivity (Wildman–Crippen MR) is 246 cm³/mol. The first kappa shape index (κ1) is 41.0. The van der Waals surface area contributed by atoms with Crippen molar-refractivity contribution < 1.29 is 19.1 Å². The average molecular weight is 803 g/mol. The van der Waals surface area contributed by atoms with Crippen LogP contribution in [0.15, 0.2) is 107 Å². The van der Waals surface area contributed by atoms with E-state index in [9.17, 15) is 14.4 Å². The van der Waals surface area contributed by atoms with Crippen LogP contribution in [0, 0.1) is 0 Å². The molecule has 1 aliphatic heterocycles. The summed E-state index contributed by atoms with van der Waals surface area (Å²) in [6.45, 7) is 11.5. The van der Waals surface area contributed by atoms with E-state index in [1.54, 1.807) is 7.11 Å². The molecule has 2 aromatic heterocycles. The molecule has 2 fully saturated rings. The summed E-state index contributed by atoms with van der Waals surface area (Å²) in [5, 5.41) is 9.48. The van der Waals surface area contributed by atoms with E-state index in [4.69, 9.17) is 4.74 Å². The number of hydrogen-bond donors (Lipinski definition) is 0. The number of allylic oxidation sites excluding steroid dienone is 5. The molecule has 0 radical (unpaired) electrons. The van der Waals surface area contributed by atoms with E-state index in [0.29, 0.717) is 24.8 Å². The van der Waals surface area contributed by atoms with Crippen LogP contribution >= 0.6 is 0 Å². The van der Waals surface area contributed by atoms with Crippen molar-refractivity contribution in [3.8, 4) is 0 Å². The molecule has 0 bridgehead atoms. The van der Waals surface area contributed by atoms with Gasteiger partial charge in [0.1, 0.15) is 5.57 Å². The van der Waals surface area contributed by atoms with Crippen LogP contribution in [0.5, 0.6) is 0 Å². The second kappa shape index (κ2) is 17.5. The van der Waals surface area contributed by atoms with Gasteiger partial charge < -0.3 is 13.9 Å². The maximum atomic E-state index is 14.7. The van der Waals surface area contributed by atoms with Crippen molar-refractivity contribution in [2.75, 3.05) is 26.8 Å². The van der Waals surface area contributed by atoms with Crippen molar-refractivity contribution in [1.29, 1.82) is 0 Å². The van der Waals surface area contributed by atoms with Gasteiger partial charge in [-0.15, -0.1) is 0 Å². The van der Waals surface area contributed by atoms with E-state index >= 15 is 0 Å². The molecule has 2 atom stereocenters. The first-order valence-electron chi connectivity index (χ1n) is 22.1. The second-order valence-corrected chi connectivity index (χ2v) is 16.7. The monoisotopic (exact) mass is 802 g/mol. The van der Waals surface area contributed by atoms with Crippen molar-refractivity contribution in [3.63, 3.8) is 0 Å². The van der Waals surface area contributed by atoms with E-state index in [1.807, 2.05) is 6.92 Å². The Morgan fingerprint density at radius 1 is 0.600 bits per heavy atom. The number of aromatic nitrogens is 2. The van der Waals surface area contributed by atoms with Gasteiger partial charge in [-0.25, -0.2) is 4.79 Å². The molecule has 2 aliphatic rings. The van der Waals surface area contributed by atoms with Crippen molar-refractivity contribution in [1.82, 2.24) is 18.9 Å². The zero-order chi connectivity index (χ0) is 42.1. The molecule has 60 heavy (non-hydrogen) atoms. The minimum absolute atomic E-state index is 0.0616. The Hall–Kier alpha value is -5.73. The summed E-state index contributed by atoms with van der Waals surface area (Å²) >= 11 is 0. The second-order valence-electron chi connectivity index (χ2n) is 16.7. The SMILES string of the molecule is CCCCN1C(=O)/C(=C2C(=C/C=c3\c4cccc5cccc(c54)n3C(C)CCC)\CCC\2=C/C=c2\c3cccc4cccc(c43)n2C(C)CCC)C(=O)N(CCOC)C1=O. The van der Waals surface area contributed by atoms with Crippen LogP contribution in [-0.2, 0) is 14.3 Å². The molecule has 8 heteroatoms. The zero-order valence-electron chi connectivity index (χ0n) is 36.1. The first-order chi connectivity index (χ1) is 29.2. The maximum Gasteiger partial charge on any atom is 0.334 e. The third-order valence-corrected chi connectivity index (χ3v) is 12.7. The fourth-order valence-corrected chi connectivity index (χ4v) is 9.90. The number of unbranched alkanes of at least 4 members (excludes halogenated alkanes) is 1. The van der Waals surface area contributed by atoms with Crippen molar-refractivity contribution in [2.24, 2.45) is 0 Å². The van der Waals surface area contributed by atoms with Gasteiger partial charge >= 0.3 is 6.03 Å². The molecule has 2 unspecified atom stereocenters. The normalized spacial score (nSPS) is 19.7. The number of carbonyl (C=O) groups is 3. The van der Waals surface area contributed by atoms with E-state index in [1.165, 1.54) is 53.2 Å². The lowest BCUT2D eigenvalue weighted by Gasteiger charge is -2.34. The van der Waals surface area contributed by atoms with Crippen LogP contribution in [-0.4, -0.2) is 63.6 Å². The van der Waals surface area contributed by atoms with E-state index < -0.39 is 17.8 Å². The fourth-order valence-electron chi connectivity index (χ4n) is 9.90. The Kier molecular flexibility index (Phi) is 11.9. The summed E-state index contributed by atoms with van der Waals surface area (Å²) in [4.78, 5) is 45.7. The standard InChI is InChI=1S/C52H58N4O4/c1-7-10-31-53-50(57)49(51(58)54(52(53)59)32-33-60-6)46-38(27-29-42-40-21-11-17-36-19-13-23-44(47(36)40)55(42)34(4)15-8-2)25-26-39(46)28-30-43-41-22-12-18-37-20-14-24-45(48(37)41)56(43)35(5)16-9-3/h11-14,17-24,27-30,34-35H,7-10,15-16,25-26,31-33H2,1-6H3/b38-27-,39-28+,42-29+,43-30+,49-46-. The van der Waals surface area contributed by atoms with E-state index in [2.05, 4.69) is 134 Å². The predicted octanol–water partition coefficient (Wildman–Crippen LogP) is 10.5. The lowest BCUT2D eigenvalue weighted by atomic mass is 9.95. The smallest absolute Gasteiger partial charge is 0.334 e. The van der Waals surface area contributed by atoms with Crippen LogP contribution in [0.25, 0.3) is 55.5 Å². The number of imide groups is 2. The van der Waals surface area contributed by atoms with Crippen molar-refractivity contribution >= 4 is 73.3 Å². The van der Waals surface area contributed by atoms with E-state index in [-0.39, 0.29) is 37.4 Å². The highest BCUT2D eigenvalue weighted by Gasteiger charge is 2.44. The van der Waals surface area contributed by atoms with Crippen LogP contribution in [0.4, 0.5) is 4.79 Å². The lowest BCUT2D eigenvalue weighted by Crippen LogP contribution is -2.57. The van der Waals surface area contributed by atoms with Crippen LogP contribution < -0.4 is 10.7 Å². The Bertz CT molecular complexity index is 2630. The number of ether oxygens (including phenoxy) is 1. The van der Waals surface area contributed by atoms with Crippen LogP contribution in [0.3, 0.4) is 0 Å². The molecule has 1 saturated heterocycles. The molecule has 8 nitrogen and oxygen atoms in total. The molecule has 4 aromatic carbocycles. The summed E-state index contributed by atoms with van der Waals surface area (Å²) < 4.78 is 10.3. The molecular formula is C52H58N4O4. The highest BCUT2D eigenvalue weighted by molar-refractivity contribution is 6.30. The van der Waals surface area contributed by atoms with Crippen LogP contribution in [0.2, 0.25) is 0 Å². The molecule has 1 saturated carbocycles. The van der Waals surface area contributed by atoms with Crippen molar-refractivity contribution in [3.05, 3.63) is 118 Å². The molecule has 8 rings (SSSR count). The van der Waals surface area contributed by atoms with Gasteiger partial charge in [-0.1, -0.05) is 113 Å². The Morgan fingerprint density at radius 3 is 1.52 bits per heavy atom. The minimum Gasteiger partial charge on any atom is -0.383 e. The Labute approximate surface area is 353 Å². The number of benzene rings is 4. The molecule has 6 aromatic rings. The molecule has 1 aliphatic carbocycles. The quantitative estimate of drug-likeness (QED) is 0.0812. The maximum absolute atomic E-state index is 14.7. The summed E-state index contributed by atoms with van der Waals surface area (Å²) in [5.41, 5.74) is 4.95. The fraction of sp³-hybridized carbons (Fsp3) is 0.365. The van der Waals surface area contributed by atoms with Gasteiger partial charge in [0.2, 0.25) is 0 Å². The van der Waals surface area contributed by atoms with Gasteiger partial charge in [0.05, 0.1) is 13.2 Å². The van der Waals surface area contributed by atoms with Gasteiger partial charge in [0.15, 0.2) is 0 Å². The van der Waals surface area contributed by atoms with Gasteiger partial charge in [-0.3, -0.25) is 19.4 Å². The summed E-state index contributed by atoms with van der Waals surface area (Å²) in [5.74, 6) is -1.08. The number of urea groups is 1. The number of amides is 4. The molecule has 310 valence electrons. The number of rotatable bonds is 14. The first-order valence-corrected chi connectivity index (χ1v) is 22.1. The number of barbiturate groups is 1. The third-order valence-electron chi connectivity index (χ3n) is 12.7. The zero-order valence-corrected chi connectivity index (χ0v) is 36.1. The highest BCUT2D eigenvalue weighted by atomic mass is 16.5. The van der Waals surface area contributed by atoms with Gasteiger partial charge in [-0.2, -0.15) is 0 Å². The Balaban J connectivity index is 1.39. The average Bonchev–Trinajstić information content (AvgIpc) is 3.91. The highest BCUT2D eigenvalue weighted by Crippen LogP contribution is 2.41. The molecule has 3 heterocycles. The minimum atomic E-state index is -0.576. The molecule has 4 amide bonds. The number of carbonyl (C=O) groups excluding carboxylic acids is 3. The van der Waals surface area contributed by atoms with Crippen molar-refractivity contribution in [2.45, 2.75) is 98.1 Å². The molecular weight excluding hydrogens is 745 g/mol. The number of methoxy groups -OCH3 is 1. The number of nitrogens with zero attached hydrogens (tertiary/aromatic N) is 4.